The van der Waals surface area contributed by atoms with Gasteiger partial charge in [0.05, 0.1) is 5.71 Å². The lowest BCUT2D eigenvalue weighted by Crippen LogP contribution is -1.99. The summed E-state index contributed by atoms with van der Waals surface area (Å²) in [5, 5.41) is 12.5. The van der Waals surface area contributed by atoms with Gasteiger partial charge in [-0.3, -0.25) is 0 Å². The highest BCUT2D eigenvalue weighted by atomic mass is 35.5. The molecule has 0 aromatic heterocycles. The van der Waals surface area contributed by atoms with Crippen LogP contribution in [-0.4, -0.2) is 10.9 Å². The lowest BCUT2D eigenvalue weighted by atomic mass is 10.1. The molecule has 0 unspecified atom stereocenters. The molecule has 0 spiro atoms. The molecule has 0 saturated carbocycles. The Labute approximate surface area is 126 Å². The Bertz CT molecular complexity index is 715. The third kappa shape index (κ3) is 2.85. The summed E-state index contributed by atoms with van der Waals surface area (Å²) in [4.78, 5) is 0. The van der Waals surface area contributed by atoms with Crippen molar-refractivity contribution in [3.05, 3.63) is 63.9 Å². The number of benzene rings is 2. The second kappa shape index (κ2) is 5.74. The van der Waals surface area contributed by atoms with Crippen molar-refractivity contribution in [2.24, 2.45) is 5.16 Å². The van der Waals surface area contributed by atoms with Crippen LogP contribution in [0.5, 0.6) is 5.75 Å². The monoisotopic (exact) mass is 305 g/mol. The molecule has 0 radical (unpaired) electrons. The lowest BCUT2D eigenvalue weighted by Gasteiger charge is -2.09. The summed E-state index contributed by atoms with van der Waals surface area (Å²) < 4.78 is 19.3. The number of fused-ring (bicyclic) bond motifs is 1. The minimum absolute atomic E-state index is 0.142. The molecule has 1 aliphatic rings. The molecule has 5 heteroatoms. The fraction of sp³-hybridized carbons (Fsp3) is 0.188. The van der Waals surface area contributed by atoms with Crippen LogP contribution in [-0.2, 0) is 13.0 Å². The quantitative estimate of drug-likeness (QED) is 0.682. The van der Waals surface area contributed by atoms with Gasteiger partial charge in [0.1, 0.15) is 18.2 Å². The first-order valence-corrected chi connectivity index (χ1v) is 6.96. The minimum atomic E-state index is -0.377. The Hall–Kier alpha value is -2.07. The summed E-state index contributed by atoms with van der Waals surface area (Å²) in [6, 6.07) is 10.1. The maximum atomic E-state index is 13.7. The van der Waals surface area contributed by atoms with Crippen LogP contribution in [0.2, 0.25) is 5.02 Å². The van der Waals surface area contributed by atoms with Crippen molar-refractivity contribution in [1.29, 1.82) is 0 Å². The van der Waals surface area contributed by atoms with E-state index >= 15 is 0 Å². The molecule has 3 rings (SSSR count). The van der Waals surface area contributed by atoms with E-state index in [0.717, 1.165) is 24.0 Å². The van der Waals surface area contributed by atoms with Gasteiger partial charge in [0.15, 0.2) is 0 Å². The van der Waals surface area contributed by atoms with E-state index in [1.54, 1.807) is 18.2 Å². The fourth-order valence-corrected chi connectivity index (χ4v) is 2.60. The second-order valence-corrected chi connectivity index (χ2v) is 5.33. The normalized spacial score (nSPS) is 15.2. The van der Waals surface area contributed by atoms with Crippen LogP contribution < -0.4 is 4.74 Å². The van der Waals surface area contributed by atoms with Gasteiger partial charge in [-0.25, -0.2) is 4.39 Å². The highest BCUT2D eigenvalue weighted by Crippen LogP contribution is 2.27. The van der Waals surface area contributed by atoms with Gasteiger partial charge < -0.3 is 9.94 Å². The van der Waals surface area contributed by atoms with E-state index < -0.39 is 0 Å². The summed E-state index contributed by atoms with van der Waals surface area (Å²) in [6.07, 6.45) is 1.54. The van der Waals surface area contributed by atoms with Crippen LogP contribution >= 0.6 is 11.6 Å². The van der Waals surface area contributed by atoms with Crippen molar-refractivity contribution >= 4 is 17.3 Å². The number of hydrogen-bond acceptors (Lipinski definition) is 3. The molecule has 108 valence electrons. The molecule has 0 atom stereocenters. The van der Waals surface area contributed by atoms with Gasteiger partial charge in [0, 0.05) is 16.1 Å². The molecule has 1 aliphatic carbocycles. The fourth-order valence-electron chi connectivity index (χ4n) is 2.44. The highest BCUT2D eigenvalue weighted by molar-refractivity contribution is 6.30. The van der Waals surface area contributed by atoms with Crippen LogP contribution in [0.25, 0.3) is 0 Å². The van der Waals surface area contributed by atoms with Crippen LogP contribution in [0.3, 0.4) is 0 Å². The summed E-state index contributed by atoms with van der Waals surface area (Å²) in [5.41, 5.74) is 3.18. The van der Waals surface area contributed by atoms with E-state index in [2.05, 4.69) is 5.16 Å². The van der Waals surface area contributed by atoms with Gasteiger partial charge >= 0.3 is 0 Å². The first kappa shape index (κ1) is 13.9. The van der Waals surface area contributed by atoms with E-state index in [1.807, 2.05) is 12.1 Å². The second-order valence-electron chi connectivity index (χ2n) is 4.89. The summed E-state index contributed by atoms with van der Waals surface area (Å²) in [7, 11) is 0. The first-order chi connectivity index (χ1) is 10.2. The van der Waals surface area contributed by atoms with Crippen molar-refractivity contribution in [2.75, 3.05) is 0 Å². The van der Waals surface area contributed by atoms with Crippen LogP contribution in [0.1, 0.15) is 23.1 Å². The molecular weight excluding hydrogens is 293 g/mol. The molecule has 0 heterocycles. The average Bonchev–Trinajstić information content (AvgIpc) is 2.88. The molecule has 0 amide bonds. The zero-order valence-corrected chi connectivity index (χ0v) is 11.9. The number of halogens is 2. The number of oxime groups is 1. The summed E-state index contributed by atoms with van der Waals surface area (Å²) in [6.45, 7) is 0.142. The largest absolute Gasteiger partial charge is 0.489 e. The average molecular weight is 306 g/mol. The van der Waals surface area contributed by atoms with Crippen LogP contribution in [0.4, 0.5) is 4.39 Å². The van der Waals surface area contributed by atoms with Gasteiger partial charge in [-0.15, -0.1) is 0 Å². The van der Waals surface area contributed by atoms with Gasteiger partial charge in [0.2, 0.25) is 0 Å². The SMILES string of the molecule is O/N=C1/CCc2cc(OCc3ccc(Cl)cc3F)ccc21. The Morgan fingerprint density at radius 2 is 2.05 bits per heavy atom. The maximum Gasteiger partial charge on any atom is 0.131 e. The van der Waals surface area contributed by atoms with Crippen LogP contribution in [0, 0.1) is 5.82 Å². The Kier molecular flexibility index (Phi) is 3.80. The van der Waals surface area contributed by atoms with Crippen molar-refractivity contribution in [2.45, 2.75) is 19.4 Å². The molecule has 0 fully saturated rings. The number of hydrogen-bond donors (Lipinski definition) is 1. The molecule has 0 saturated heterocycles. The molecular formula is C16H13ClFNO2. The van der Waals surface area contributed by atoms with E-state index in [0.29, 0.717) is 22.0 Å². The number of ether oxygens (including phenoxy) is 1. The molecule has 0 aliphatic heterocycles. The molecule has 2 aromatic carbocycles. The zero-order chi connectivity index (χ0) is 14.8. The predicted molar refractivity (Wildman–Crippen MR) is 78.8 cm³/mol. The van der Waals surface area contributed by atoms with Gasteiger partial charge in [-0.05, 0) is 48.7 Å². The topological polar surface area (TPSA) is 41.8 Å². The number of nitrogens with zero attached hydrogens (tertiary/aromatic N) is 1. The van der Waals surface area contributed by atoms with Gasteiger partial charge in [0.25, 0.3) is 0 Å². The van der Waals surface area contributed by atoms with Crippen molar-refractivity contribution in [1.82, 2.24) is 0 Å². The van der Waals surface area contributed by atoms with E-state index in [1.165, 1.54) is 6.07 Å². The molecule has 2 aromatic rings. The smallest absolute Gasteiger partial charge is 0.131 e. The number of rotatable bonds is 3. The van der Waals surface area contributed by atoms with E-state index in [4.69, 9.17) is 21.5 Å². The van der Waals surface area contributed by atoms with Crippen molar-refractivity contribution in [3.8, 4) is 5.75 Å². The third-order valence-electron chi connectivity index (χ3n) is 3.55. The van der Waals surface area contributed by atoms with Gasteiger partial charge in [-0.1, -0.05) is 22.8 Å². The van der Waals surface area contributed by atoms with Crippen molar-refractivity contribution < 1.29 is 14.3 Å². The minimum Gasteiger partial charge on any atom is -0.489 e. The zero-order valence-electron chi connectivity index (χ0n) is 11.1. The predicted octanol–water partition coefficient (Wildman–Crippen LogP) is 4.18. The number of aryl methyl sites for hydroxylation is 1. The molecule has 1 N–H and O–H groups in total. The molecule has 3 nitrogen and oxygen atoms in total. The summed E-state index contributed by atoms with van der Waals surface area (Å²) >= 11 is 5.71. The Balaban J connectivity index is 1.75. The van der Waals surface area contributed by atoms with E-state index in [-0.39, 0.29) is 12.4 Å². The maximum absolute atomic E-state index is 13.7. The molecule has 0 bridgehead atoms. The summed E-state index contributed by atoms with van der Waals surface area (Å²) in [5.74, 6) is 0.292. The first-order valence-electron chi connectivity index (χ1n) is 6.58. The lowest BCUT2D eigenvalue weighted by molar-refractivity contribution is 0.299. The van der Waals surface area contributed by atoms with Crippen molar-refractivity contribution in [3.63, 3.8) is 0 Å². The highest BCUT2D eigenvalue weighted by Gasteiger charge is 2.18. The standard InChI is InChI=1S/C16H13ClFNO2/c17-12-3-1-11(15(18)8-12)9-21-13-4-5-14-10(7-13)2-6-16(14)19-20/h1,3-5,7-8,20H,2,6,9H2/b19-16-. The van der Waals surface area contributed by atoms with E-state index in [9.17, 15) is 4.39 Å². The Morgan fingerprint density at radius 3 is 2.81 bits per heavy atom. The van der Waals surface area contributed by atoms with Crippen LogP contribution in [0.15, 0.2) is 41.6 Å². The Morgan fingerprint density at radius 1 is 1.19 bits per heavy atom. The van der Waals surface area contributed by atoms with Gasteiger partial charge in [-0.2, -0.15) is 0 Å². The third-order valence-corrected chi connectivity index (χ3v) is 3.78. The molecule has 21 heavy (non-hydrogen) atoms.